The third-order valence-electron chi connectivity index (χ3n) is 11.0. The van der Waals surface area contributed by atoms with Gasteiger partial charge in [-0.2, -0.15) is 5.26 Å². The third-order valence-corrected chi connectivity index (χ3v) is 11.0. The molecule has 0 aliphatic heterocycles. The molecule has 0 heterocycles. The first kappa shape index (κ1) is 18.9. The van der Waals surface area contributed by atoms with Gasteiger partial charge in [-0.3, -0.25) is 4.79 Å². The van der Waals surface area contributed by atoms with Crippen molar-refractivity contribution in [3.05, 3.63) is 71.8 Å². The minimum atomic E-state index is -0.114. The number of esters is 1. The zero-order valence-corrected chi connectivity index (χ0v) is 18.7. The summed E-state index contributed by atoms with van der Waals surface area (Å²) < 4.78 is 5.01. The van der Waals surface area contributed by atoms with Crippen molar-refractivity contribution in [3.8, 4) is 6.07 Å². The molecule has 6 aliphatic carbocycles. The normalized spacial score (nSPS) is 46.8. The molecule has 8 rings (SSSR count). The summed E-state index contributed by atoms with van der Waals surface area (Å²) in [5, 5.41) is 9.27. The number of nitrogens with zero attached hydrogens (tertiary/aromatic N) is 1. The van der Waals surface area contributed by atoms with E-state index >= 15 is 0 Å². The first-order chi connectivity index (χ1) is 15.5. The van der Waals surface area contributed by atoms with Crippen LogP contribution in [0.4, 0.5) is 0 Å². The van der Waals surface area contributed by atoms with Gasteiger partial charge in [0.1, 0.15) is 0 Å². The molecule has 2 aromatic carbocycles. The summed E-state index contributed by atoms with van der Waals surface area (Å²) in [6.45, 7) is 0. The zero-order valence-electron chi connectivity index (χ0n) is 18.7. The lowest BCUT2D eigenvalue weighted by molar-refractivity contribution is -0.147. The maximum Gasteiger partial charge on any atom is 0.312 e. The Morgan fingerprint density at radius 2 is 1.34 bits per heavy atom. The number of carbonyl (C=O) groups is 1. The molecule has 0 amide bonds. The highest BCUT2D eigenvalue weighted by molar-refractivity contribution is 5.86. The minimum absolute atomic E-state index is 0.0350. The van der Waals surface area contributed by atoms with E-state index < -0.39 is 0 Å². The molecule has 0 bridgehead atoms. The van der Waals surface area contributed by atoms with Crippen molar-refractivity contribution in [1.82, 2.24) is 0 Å². The molecule has 3 nitrogen and oxygen atoms in total. The Labute approximate surface area is 189 Å². The van der Waals surface area contributed by atoms with E-state index in [0.29, 0.717) is 16.2 Å². The van der Waals surface area contributed by atoms with E-state index in [1.54, 1.807) is 0 Å². The fourth-order valence-electron chi connectivity index (χ4n) is 9.09. The van der Waals surface area contributed by atoms with E-state index in [1.165, 1.54) is 43.9 Å². The number of benzene rings is 2. The highest BCUT2D eigenvalue weighted by Crippen LogP contribution is 2.95. The van der Waals surface area contributed by atoms with Crippen molar-refractivity contribution in [1.29, 1.82) is 5.26 Å². The number of nitriles is 1. The first-order valence-corrected chi connectivity index (χ1v) is 12.1. The Bertz CT molecular complexity index is 1170. The summed E-state index contributed by atoms with van der Waals surface area (Å²) >= 11 is 0. The van der Waals surface area contributed by atoms with E-state index in [2.05, 4.69) is 66.7 Å². The van der Waals surface area contributed by atoms with Gasteiger partial charge in [-0.05, 0) is 67.9 Å². The maximum atomic E-state index is 12.0. The maximum absolute atomic E-state index is 12.0. The van der Waals surface area contributed by atoms with Gasteiger partial charge in [-0.15, -0.1) is 0 Å². The van der Waals surface area contributed by atoms with Crippen LogP contribution < -0.4 is 0 Å². The van der Waals surface area contributed by atoms with Crippen LogP contribution in [-0.2, 0) is 20.4 Å². The Balaban J connectivity index is 0.000000114. The summed E-state index contributed by atoms with van der Waals surface area (Å²) in [6, 6.07) is 24.2. The fourth-order valence-corrected chi connectivity index (χ4v) is 9.09. The van der Waals surface area contributed by atoms with Crippen LogP contribution in [0, 0.1) is 33.0 Å². The Morgan fingerprint density at radius 3 is 1.78 bits per heavy atom. The predicted molar refractivity (Wildman–Crippen MR) is 121 cm³/mol. The Kier molecular flexibility index (Phi) is 3.24. The van der Waals surface area contributed by atoms with Crippen LogP contribution >= 0.6 is 0 Å². The Hall–Kier alpha value is -2.60. The summed E-state index contributed by atoms with van der Waals surface area (Å²) in [5.41, 5.74) is 4.29. The lowest BCUT2D eigenvalue weighted by atomic mass is 9.91. The molecular weight excluding hydrogens is 394 g/mol. The first-order valence-electron chi connectivity index (χ1n) is 12.1. The van der Waals surface area contributed by atoms with Gasteiger partial charge in [0.15, 0.2) is 0 Å². The fraction of sp³-hybridized carbons (Fsp3) is 0.517. The molecule has 32 heavy (non-hydrogen) atoms. The molecule has 2 aromatic rings. The number of methoxy groups -OCH3 is 1. The second kappa shape index (κ2) is 5.48. The number of hydrogen-bond acceptors (Lipinski definition) is 3. The Morgan fingerprint density at radius 1 is 0.781 bits per heavy atom. The van der Waals surface area contributed by atoms with E-state index in [9.17, 15) is 10.1 Å². The van der Waals surface area contributed by atoms with Crippen molar-refractivity contribution in [2.45, 2.75) is 62.2 Å². The molecule has 6 atom stereocenters. The smallest absolute Gasteiger partial charge is 0.312 e. The molecule has 0 radical (unpaired) electrons. The molecule has 3 heteroatoms. The summed E-state index contributed by atoms with van der Waals surface area (Å²) in [4.78, 5) is 12.0. The van der Waals surface area contributed by atoms with Crippen LogP contribution in [0.5, 0.6) is 0 Å². The van der Waals surface area contributed by atoms with Crippen molar-refractivity contribution < 1.29 is 9.53 Å². The quantitative estimate of drug-likeness (QED) is 0.596. The van der Waals surface area contributed by atoms with Crippen LogP contribution in [0.15, 0.2) is 60.7 Å². The molecule has 6 aliphatic rings. The van der Waals surface area contributed by atoms with Gasteiger partial charge in [0.05, 0.1) is 24.0 Å². The lowest BCUT2D eigenvalue weighted by Gasteiger charge is -2.14. The van der Waals surface area contributed by atoms with Crippen molar-refractivity contribution in [3.63, 3.8) is 0 Å². The molecule has 0 N–H and O–H groups in total. The third kappa shape index (κ3) is 1.82. The SMILES string of the molecule is COC(=O)C12CCC3(c4ccccc4)CC13C2.N#CC12CCC3(c4ccccc4)CC13C2. The van der Waals surface area contributed by atoms with E-state index in [0.717, 1.165) is 25.7 Å². The summed E-state index contributed by atoms with van der Waals surface area (Å²) in [7, 11) is 1.52. The van der Waals surface area contributed by atoms with Gasteiger partial charge in [-0.25, -0.2) is 0 Å². The van der Waals surface area contributed by atoms with Crippen LogP contribution in [0.1, 0.15) is 62.5 Å². The number of rotatable bonds is 3. The van der Waals surface area contributed by atoms with Gasteiger partial charge in [0.25, 0.3) is 0 Å². The largest absolute Gasteiger partial charge is 0.469 e. The van der Waals surface area contributed by atoms with Crippen LogP contribution in [-0.4, -0.2) is 13.1 Å². The number of hydrogen-bond donors (Lipinski definition) is 0. The zero-order chi connectivity index (χ0) is 21.9. The second-order valence-corrected chi connectivity index (χ2v) is 11.5. The van der Waals surface area contributed by atoms with E-state index in [4.69, 9.17) is 4.74 Å². The topological polar surface area (TPSA) is 50.1 Å². The van der Waals surface area contributed by atoms with E-state index in [1.807, 2.05) is 0 Å². The average Bonchev–Trinajstić information content (AvgIpc) is 3.80. The highest BCUT2D eigenvalue weighted by Gasteiger charge is 2.93. The van der Waals surface area contributed by atoms with Crippen molar-refractivity contribution in [2.75, 3.05) is 7.11 Å². The van der Waals surface area contributed by atoms with E-state index in [-0.39, 0.29) is 22.2 Å². The summed E-state index contributed by atoms with van der Waals surface area (Å²) in [5.74, 6) is 0.0350. The minimum Gasteiger partial charge on any atom is -0.469 e. The van der Waals surface area contributed by atoms with Crippen LogP contribution in [0.3, 0.4) is 0 Å². The standard InChI is InChI=1S/C15H16O2.C14H13N/c1-17-12(16)14-8-7-13(9-15(13,14)10-14)11-5-3-2-4-6-11;15-10-12-6-7-13(9-14(12,13)8-12)11-4-2-1-3-5-11/h2-6H,7-10H2,1H3;1-5H,6-9H2. The van der Waals surface area contributed by atoms with Crippen LogP contribution in [0.2, 0.25) is 0 Å². The van der Waals surface area contributed by atoms with Gasteiger partial charge < -0.3 is 4.74 Å². The highest BCUT2D eigenvalue weighted by atomic mass is 16.5. The molecular formula is C29H29NO2. The molecule has 6 fully saturated rings. The molecule has 6 unspecified atom stereocenters. The van der Waals surface area contributed by atoms with Crippen LogP contribution in [0.25, 0.3) is 0 Å². The molecule has 0 saturated heterocycles. The average molecular weight is 424 g/mol. The van der Waals surface area contributed by atoms with Gasteiger partial charge in [0.2, 0.25) is 0 Å². The predicted octanol–water partition coefficient (Wildman–Crippen LogP) is 5.69. The van der Waals surface area contributed by atoms with Crippen molar-refractivity contribution >= 4 is 5.97 Å². The molecule has 6 saturated carbocycles. The lowest BCUT2D eigenvalue weighted by Crippen LogP contribution is -2.18. The monoisotopic (exact) mass is 423 g/mol. The molecule has 2 spiro atoms. The number of carbonyl (C=O) groups excluding carboxylic acids is 1. The summed E-state index contributed by atoms with van der Waals surface area (Å²) in [6.07, 6.45) is 9.26. The van der Waals surface area contributed by atoms with Crippen molar-refractivity contribution in [2.24, 2.45) is 21.7 Å². The molecule has 0 aromatic heterocycles. The number of ether oxygens (including phenoxy) is 1. The molecule has 162 valence electrons. The second-order valence-electron chi connectivity index (χ2n) is 11.5. The van der Waals surface area contributed by atoms with Gasteiger partial charge in [0, 0.05) is 16.2 Å². The van der Waals surface area contributed by atoms with Gasteiger partial charge in [-0.1, -0.05) is 60.7 Å². The van der Waals surface area contributed by atoms with Gasteiger partial charge >= 0.3 is 5.97 Å².